The number of aromatic nitrogens is 2. The SMILES string of the molecule is COc1cccc(-c2ccc(C(=O)NCCc3c(C)[nH]c4ccccc34)cn2)c1. The predicted molar refractivity (Wildman–Crippen MR) is 115 cm³/mol. The summed E-state index contributed by atoms with van der Waals surface area (Å²) >= 11 is 0. The van der Waals surface area contributed by atoms with Gasteiger partial charge in [-0.3, -0.25) is 9.78 Å². The monoisotopic (exact) mass is 385 g/mol. The molecule has 0 radical (unpaired) electrons. The summed E-state index contributed by atoms with van der Waals surface area (Å²) < 4.78 is 5.25. The van der Waals surface area contributed by atoms with Crippen LogP contribution in [0.15, 0.2) is 66.9 Å². The zero-order chi connectivity index (χ0) is 20.2. The Morgan fingerprint density at radius 2 is 1.97 bits per heavy atom. The topological polar surface area (TPSA) is 67.0 Å². The zero-order valence-electron chi connectivity index (χ0n) is 16.5. The van der Waals surface area contributed by atoms with Gasteiger partial charge in [0.15, 0.2) is 0 Å². The molecule has 0 aliphatic heterocycles. The number of nitrogens with zero attached hydrogens (tertiary/aromatic N) is 1. The van der Waals surface area contributed by atoms with Gasteiger partial charge >= 0.3 is 0 Å². The Balaban J connectivity index is 1.40. The lowest BCUT2D eigenvalue weighted by atomic mass is 10.1. The molecular weight excluding hydrogens is 362 g/mol. The quantitative estimate of drug-likeness (QED) is 0.513. The molecule has 1 amide bonds. The fraction of sp³-hybridized carbons (Fsp3) is 0.167. The summed E-state index contributed by atoms with van der Waals surface area (Å²) in [6.07, 6.45) is 2.39. The molecule has 2 N–H and O–H groups in total. The van der Waals surface area contributed by atoms with E-state index < -0.39 is 0 Å². The number of carbonyl (C=O) groups is 1. The molecule has 0 spiro atoms. The van der Waals surface area contributed by atoms with E-state index in [0.29, 0.717) is 12.1 Å². The van der Waals surface area contributed by atoms with Crippen LogP contribution in [0, 0.1) is 6.92 Å². The highest BCUT2D eigenvalue weighted by Crippen LogP contribution is 2.23. The summed E-state index contributed by atoms with van der Waals surface area (Å²) in [7, 11) is 1.64. The Morgan fingerprint density at radius 3 is 2.76 bits per heavy atom. The van der Waals surface area contributed by atoms with Crippen molar-refractivity contribution in [1.82, 2.24) is 15.3 Å². The molecule has 0 aliphatic carbocycles. The second-order valence-electron chi connectivity index (χ2n) is 6.94. The normalized spacial score (nSPS) is 10.8. The lowest BCUT2D eigenvalue weighted by molar-refractivity contribution is 0.0954. The number of aryl methyl sites for hydroxylation is 1. The summed E-state index contributed by atoms with van der Waals surface area (Å²) in [5.74, 6) is 0.658. The average Bonchev–Trinajstić information content (AvgIpc) is 3.09. The first-order chi connectivity index (χ1) is 14.2. The summed E-state index contributed by atoms with van der Waals surface area (Å²) in [6.45, 7) is 2.64. The molecular formula is C24H23N3O2. The number of aromatic amines is 1. The summed E-state index contributed by atoms with van der Waals surface area (Å²) in [5.41, 5.74) is 5.81. The van der Waals surface area contributed by atoms with Crippen molar-refractivity contribution in [2.45, 2.75) is 13.3 Å². The summed E-state index contributed by atoms with van der Waals surface area (Å²) in [4.78, 5) is 20.3. The molecule has 29 heavy (non-hydrogen) atoms. The van der Waals surface area contributed by atoms with Crippen LogP contribution in [0.1, 0.15) is 21.6 Å². The first-order valence-electron chi connectivity index (χ1n) is 9.60. The number of hydrogen-bond acceptors (Lipinski definition) is 3. The Hall–Kier alpha value is -3.60. The van der Waals surface area contributed by atoms with E-state index in [-0.39, 0.29) is 5.91 Å². The minimum absolute atomic E-state index is 0.118. The summed E-state index contributed by atoms with van der Waals surface area (Å²) in [5, 5.41) is 4.21. The minimum Gasteiger partial charge on any atom is -0.497 e. The van der Waals surface area contributed by atoms with Gasteiger partial charge in [0.05, 0.1) is 18.4 Å². The third kappa shape index (κ3) is 3.99. The largest absolute Gasteiger partial charge is 0.497 e. The Bertz CT molecular complexity index is 1150. The first kappa shape index (κ1) is 18.7. The van der Waals surface area contributed by atoms with Crippen LogP contribution in [0.4, 0.5) is 0 Å². The van der Waals surface area contributed by atoms with E-state index in [0.717, 1.165) is 34.6 Å². The number of fused-ring (bicyclic) bond motifs is 1. The van der Waals surface area contributed by atoms with Crippen LogP contribution >= 0.6 is 0 Å². The van der Waals surface area contributed by atoms with Crippen LogP contribution in [0.3, 0.4) is 0 Å². The molecule has 2 aromatic heterocycles. The molecule has 2 aromatic carbocycles. The number of carbonyl (C=O) groups excluding carboxylic acids is 1. The Kier molecular flexibility index (Phi) is 5.29. The number of rotatable bonds is 6. The van der Waals surface area contributed by atoms with Crippen LogP contribution in [0.5, 0.6) is 5.75 Å². The van der Waals surface area contributed by atoms with Gasteiger partial charge in [-0.25, -0.2) is 0 Å². The Morgan fingerprint density at radius 1 is 1.10 bits per heavy atom. The molecule has 4 aromatic rings. The van der Waals surface area contributed by atoms with E-state index in [1.54, 1.807) is 19.4 Å². The molecule has 146 valence electrons. The lowest BCUT2D eigenvalue weighted by Gasteiger charge is -2.07. The van der Waals surface area contributed by atoms with Gasteiger partial charge in [0.25, 0.3) is 5.91 Å². The summed E-state index contributed by atoms with van der Waals surface area (Å²) in [6, 6.07) is 19.6. The zero-order valence-corrected chi connectivity index (χ0v) is 16.5. The fourth-order valence-corrected chi connectivity index (χ4v) is 3.54. The second-order valence-corrected chi connectivity index (χ2v) is 6.94. The maximum Gasteiger partial charge on any atom is 0.252 e. The maximum absolute atomic E-state index is 12.5. The van der Waals surface area contributed by atoms with Crippen molar-refractivity contribution in [2.24, 2.45) is 0 Å². The standard InChI is InChI=1S/C24H23N3O2/c1-16-20(21-8-3-4-9-23(21)27-16)12-13-25-24(28)18-10-11-22(26-15-18)17-6-5-7-19(14-17)29-2/h3-11,14-15,27H,12-13H2,1-2H3,(H,25,28). The van der Waals surface area contributed by atoms with E-state index in [1.807, 2.05) is 42.5 Å². The molecule has 4 rings (SSSR count). The van der Waals surface area contributed by atoms with Crippen molar-refractivity contribution >= 4 is 16.8 Å². The van der Waals surface area contributed by atoms with Gasteiger partial charge in [-0.1, -0.05) is 30.3 Å². The number of para-hydroxylation sites is 1. The maximum atomic E-state index is 12.5. The van der Waals surface area contributed by atoms with Crippen molar-refractivity contribution < 1.29 is 9.53 Å². The molecule has 0 atom stereocenters. The van der Waals surface area contributed by atoms with Gasteiger partial charge in [0.1, 0.15) is 5.75 Å². The number of benzene rings is 2. The molecule has 0 saturated carbocycles. The molecule has 0 unspecified atom stereocenters. The highest BCUT2D eigenvalue weighted by molar-refractivity contribution is 5.94. The molecule has 0 fully saturated rings. The van der Waals surface area contributed by atoms with Gasteiger partial charge in [-0.2, -0.15) is 0 Å². The minimum atomic E-state index is -0.118. The number of methoxy groups -OCH3 is 1. The van der Waals surface area contributed by atoms with E-state index in [2.05, 4.69) is 34.3 Å². The third-order valence-electron chi connectivity index (χ3n) is 5.08. The molecule has 0 aliphatic rings. The van der Waals surface area contributed by atoms with Gasteiger partial charge in [-0.15, -0.1) is 0 Å². The number of amides is 1. The number of H-pyrrole nitrogens is 1. The lowest BCUT2D eigenvalue weighted by Crippen LogP contribution is -2.25. The van der Waals surface area contributed by atoms with E-state index in [4.69, 9.17) is 4.74 Å². The highest BCUT2D eigenvalue weighted by Gasteiger charge is 2.10. The molecule has 2 heterocycles. The number of ether oxygens (including phenoxy) is 1. The van der Waals surface area contributed by atoms with E-state index in [9.17, 15) is 4.79 Å². The molecule has 0 saturated heterocycles. The predicted octanol–water partition coefficient (Wildman–Crippen LogP) is 4.52. The second kappa shape index (κ2) is 8.19. The van der Waals surface area contributed by atoms with Crippen molar-refractivity contribution in [1.29, 1.82) is 0 Å². The number of nitrogens with one attached hydrogen (secondary N) is 2. The van der Waals surface area contributed by atoms with Gasteiger partial charge < -0.3 is 15.0 Å². The molecule has 0 bridgehead atoms. The van der Waals surface area contributed by atoms with Crippen molar-refractivity contribution in [3.05, 3.63) is 83.7 Å². The Labute approximate surface area is 169 Å². The van der Waals surface area contributed by atoms with Crippen LogP contribution in [0.25, 0.3) is 22.2 Å². The smallest absolute Gasteiger partial charge is 0.252 e. The highest BCUT2D eigenvalue weighted by atomic mass is 16.5. The number of pyridine rings is 1. The van der Waals surface area contributed by atoms with Crippen molar-refractivity contribution in [3.63, 3.8) is 0 Å². The van der Waals surface area contributed by atoms with Crippen LogP contribution in [0.2, 0.25) is 0 Å². The first-order valence-corrected chi connectivity index (χ1v) is 9.60. The van der Waals surface area contributed by atoms with Crippen molar-refractivity contribution in [3.8, 4) is 17.0 Å². The third-order valence-corrected chi connectivity index (χ3v) is 5.08. The van der Waals surface area contributed by atoms with Crippen molar-refractivity contribution in [2.75, 3.05) is 13.7 Å². The van der Waals surface area contributed by atoms with Crippen LogP contribution in [-0.4, -0.2) is 29.5 Å². The van der Waals surface area contributed by atoms with E-state index in [1.165, 1.54) is 10.9 Å². The molecule has 5 nitrogen and oxygen atoms in total. The van der Waals surface area contributed by atoms with Gasteiger partial charge in [-0.05, 0) is 49.2 Å². The average molecular weight is 385 g/mol. The fourth-order valence-electron chi connectivity index (χ4n) is 3.54. The van der Waals surface area contributed by atoms with E-state index >= 15 is 0 Å². The van der Waals surface area contributed by atoms with Gasteiger partial charge in [0.2, 0.25) is 0 Å². The number of hydrogen-bond donors (Lipinski definition) is 2. The van der Waals surface area contributed by atoms with Crippen LogP contribution < -0.4 is 10.1 Å². The molecule has 5 heteroatoms. The van der Waals surface area contributed by atoms with Gasteiger partial charge in [0, 0.05) is 34.9 Å². The van der Waals surface area contributed by atoms with Crippen LogP contribution in [-0.2, 0) is 6.42 Å².